The zero-order valence-corrected chi connectivity index (χ0v) is 10.2. The van der Waals surface area contributed by atoms with Crippen LogP contribution in [0.25, 0.3) is 0 Å². The Morgan fingerprint density at radius 2 is 2.22 bits per heavy atom. The highest BCUT2D eigenvalue weighted by Gasteiger charge is 2.06. The molecule has 0 unspecified atom stereocenters. The van der Waals surface area contributed by atoms with Crippen molar-refractivity contribution in [3.63, 3.8) is 0 Å². The van der Waals surface area contributed by atoms with Crippen LogP contribution in [0.5, 0.6) is 0 Å². The molecule has 4 heteroatoms. The summed E-state index contributed by atoms with van der Waals surface area (Å²) in [6, 6.07) is 11.6. The molecule has 0 radical (unpaired) electrons. The monoisotopic (exact) mass is 238 g/mol. The lowest BCUT2D eigenvalue weighted by Crippen LogP contribution is -2.17. The van der Waals surface area contributed by atoms with E-state index in [-0.39, 0.29) is 0 Å². The average molecular weight is 238 g/mol. The molecule has 0 amide bonds. The third-order valence-electron chi connectivity index (χ3n) is 2.71. The summed E-state index contributed by atoms with van der Waals surface area (Å²) in [5.74, 6) is 0. The number of anilines is 2. The topological polar surface area (TPSA) is 65.9 Å². The van der Waals surface area contributed by atoms with Gasteiger partial charge in [0.25, 0.3) is 0 Å². The van der Waals surface area contributed by atoms with Gasteiger partial charge in [-0.05, 0) is 23.8 Å². The quantitative estimate of drug-likeness (QED) is 0.890. The molecule has 1 aromatic heterocycles. The van der Waals surface area contributed by atoms with Gasteiger partial charge in [0.05, 0.1) is 29.2 Å². The van der Waals surface area contributed by atoms with E-state index in [0.29, 0.717) is 17.8 Å². The van der Waals surface area contributed by atoms with Crippen molar-refractivity contribution < 1.29 is 0 Å². The molecule has 4 nitrogen and oxygen atoms in total. The van der Waals surface area contributed by atoms with Gasteiger partial charge in [-0.3, -0.25) is 4.98 Å². The zero-order chi connectivity index (χ0) is 13.0. The van der Waals surface area contributed by atoms with E-state index < -0.39 is 0 Å². The van der Waals surface area contributed by atoms with Crippen LogP contribution in [0, 0.1) is 11.3 Å². The van der Waals surface area contributed by atoms with Crippen LogP contribution >= 0.6 is 0 Å². The van der Waals surface area contributed by atoms with Gasteiger partial charge in [0.15, 0.2) is 0 Å². The van der Waals surface area contributed by atoms with Crippen molar-refractivity contribution in [2.75, 3.05) is 17.7 Å². The molecule has 0 spiro atoms. The first-order valence-corrected chi connectivity index (χ1v) is 5.60. The Labute approximate surface area is 106 Å². The minimum atomic E-state index is 0.649. The molecule has 0 saturated carbocycles. The van der Waals surface area contributed by atoms with Crippen LogP contribution in [0.4, 0.5) is 11.4 Å². The second kappa shape index (κ2) is 5.19. The van der Waals surface area contributed by atoms with E-state index in [9.17, 15) is 0 Å². The molecule has 0 saturated heterocycles. The van der Waals surface area contributed by atoms with Gasteiger partial charge in [-0.15, -0.1) is 0 Å². The summed E-state index contributed by atoms with van der Waals surface area (Å²) in [6.07, 6.45) is 3.35. The van der Waals surface area contributed by atoms with Gasteiger partial charge in [0.2, 0.25) is 0 Å². The molecule has 0 aliphatic carbocycles. The second-order valence-electron chi connectivity index (χ2n) is 4.10. The highest BCUT2D eigenvalue weighted by Crippen LogP contribution is 2.21. The molecule has 18 heavy (non-hydrogen) atoms. The van der Waals surface area contributed by atoms with Gasteiger partial charge < -0.3 is 10.6 Å². The Balaban J connectivity index is 2.19. The maximum Gasteiger partial charge on any atom is 0.0991 e. The van der Waals surface area contributed by atoms with Gasteiger partial charge in [-0.1, -0.05) is 12.1 Å². The largest absolute Gasteiger partial charge is 0.396 e. The lowest BCUT2D eigenvalue weighted by Gasteiger charge is -2.20. The van der Waals surface area contributed by atoms with Crippen LogP contribution in [-0.4, -0.2) is 12.0 Å². The van der Waals surface area contributed by atoms with Crippen LogP contribution in [0.1, 0.15) is 11.1 Å². The minimum absolute atomic E-state index is 0.649. The highest BCUT2D eigenvalue weighted by molar-refractivity contribution is 5.65. The number of hydrogen-bond acceptors (Lipinski definition) is 4. The van der Waals surface area contributed by atoms with E-state index >= 15 is 0 Å². The van der Waals surface area contributed by atoms with E-state index in [1.807, 2.05) is 36.2 Å². The lowest BCUT2D eigenvalue weighted by molar-refractivity contribution is 0.922. The van der Waals surface area contributed by atoms with Crippen molar-refractivity contribution in [3.05, 3.63) is 53.9 Å². The van der Waals surface area contributed by atoms with Crippen molar-refractivity contribution in [2.24, 2.45) is 0 Å². The van der Waals surface area contributed by atoms with E-state index in [4.69, 9.17) is 11.0 Å². The summed E-state index contributed by atoms with van der Waals surface area (Å²) in [7, 11) is 1.96. The van der Waals surface area contributed by atoms with Gasteiger partial charge in [0, 0.05) is 19.8 Å². The molecular weight excluding hydrogens is 224 g/mol. The van der Waals surface area contributed by atoms with Crippen molar-refractivity contribution in [3.8, 4) is 6.07 Å². The molecule has 0 bridgehead atoms. The first kappa shape index (κ1) is 11.9. The van der Waals surface area contributed by atoms with Gasteiger partial charge in [-0.25, -0.2) is 0 Å². The second-order valence-corrected chi connectivity index (χ2v) is 4.10. The Bertz CT molecular complexity index is 586. The number of benzene rings is 1. The summed E-state index contributed by atoms with van der Waals surface area (Å²) in [5.41, 5.74) is 9.21. The predicted octanol–water partition coefficient (Wildman–Crippen LogP) is 2.17. The Hall–Kier alpha value is -2.54. The van der Waals surface area contributed by atoms with Crippen LogP contribution in [0.2, 0.25) is 0 Å². The number of hydrogen-bond donors (Lipinski definition) is 1. The first-order chi connectivity index (χ1) is 8.70. The maximum absolute atomic E-state index is 8.87. The summed E-state index contributed by atoms with van der Waals surface area (Å²) < 4.78 is 0. The third-order valence-corrected chi connectivity index (χ3v) is 2.71. The minimum Gasteiger partial charge on any atom is -0.396 e. The number of nitriles is 1. The normalized spacial score (nSPS) is 9.78. The third kappa shape index (κ3) is 2.58. The van der Waals surface area contributed by atoms with Crippen molar-refractivity contribution >= 4 is 11.4 Å². The summed E-state index contributed by atoms with van der Waals surface area (Å²) in [4.78, 5) is 6.00. The van der Waals surface area contributed by atoms with Crippen LogP contribution in [0.3, 0.4) is 0 Å². The van der Waals surface area contributed by atoms with Crippen LogP contribution < -0.4 is 10.6 Å². The van der Waals surface area contributed by atoms with Crippen LogP contribution in [0.15, 0.2) is 42.7 Å². The van der Waals surface area contributed by atoms with Crippen molar-refractivity contribution in [1.82, 2.24) is 4.98 Å². The molecule has 1 aromatic carbocycles. The molecule has 2 rings (SSSR count). The SMILES string of the molecule is CN(Cc1cccc(C#N)c1)c1ccncc1N. The number of pyridine rings is 1. The highest BCUT2D eigenvalue weighted by atomic mass is 15.1. The molecular formula is C14H14N4. The number of nitrogens with zero attached hydrogens (tertiary/aromatic N) is 3. The van der Waals surface area contributed by atoms with E-state index in [2.05, 4.69) is 11.1 Å². The standard InChI is InChI=1S/C14H14N4/c1-18(14-5-6-17-9-13(14)16)10-12-4-2-3-11(7-12)8-15/h2-7,9H,10,16H2,1H3. The van der Waals surface area contributed by atoms with Gasteiger partial charge in [0.1, 0.15) is 0 Å². The number of nitrogen functional groups attached to an aromatic ring is 1. The molecule has 0 fully saturated rings. The van der Waals surface area contributed by atoms with E-state index in [0.717, 1.165) is 11.3 Å². The molecule has 2 N–H and O–H groups in total. The molecule has 0 aliphatic rings. The fraction of sp³-hybridized carbons (Fsp3) is 0.143. The first-order valence-electron chi connectivity index (χ1n) is 5.60. The average Bonchev–Trinajstić information content (AvgIpc) is 2.39. The van der Waals surface area contributed by atoms with E-state index in [1.165, 1.54) is 0 Å². The van der Waals surface area contributed by atoms with Crippen LogP contribution in [-0.2, 0) is 6.54 Å². The van der Waals surface area contributed by atoms with Gasteiger partial charge in [-0.2, -0.15) is 5.26 Å². The Kier molecular flexibility index (Phi) is 3.44. The van der Waals surface area contributed by atoms with Gasteiger partial charge >= 0.3 is 0 Å². The van der Waals surface area contributed by atoms with Crippen molar-refractivity contribution in [2.45, 2.75) is 6.54 Å². The Morgan fingerprint density at radius 1 is 1.39 bits per heavy atom. The molecule has 2 aromatic rings. The maximum atomic E-state index is 8.87. The van der Waals surface area contributed by atoms with Crippen molar-refractivity contribution in [1.29, 1.82) is 5.26 Å². The predicted molar refractivity (Wildman–Crippen MR) is 71.9 cm³/mol. The molecule has 90 valence electrons. The fourth-order valence-electron chi connectivity index (χ4n) is 1.85. The number of rotatable bonds is 3. The molecule has 1 heterocycles. The lowest BCUT2D eigenvalue weighted by atomic mass is 10.1. The number of aromatic nitrogens is 1. The fourth-order valence-corrected chi connectivity index (χ4v) is 1.85. The van der Waals surface area contributed by atoms with E-state index in [1.54, 1.807) is 18.5 Å². The zero-order valence-electron chi connectivity index (χ0n) is 10.2. The summed E-state index contributed by atoms with van der Waals surface area (Å²) in [6.45, 7) is 0.698. The number of nitrogens with two attached hydrogens (primary N) is 1. The Morgan fingerprint density at radius 3 is 2.94 bits per heavy atom. The summed E-state index contributed by atoms with van der Waals surface area (Å²) >= 11 is 0. The summed E-state index contributed by atoms with van der Waals surface area (Å²) in [5, 5.41) is 8.87. The molecule has 0 atom stereocenters. The molecule has 0 aliphatic heterocycles. The smallest absolute Gasteiger partial charge is 0.0991 e.